The molecule has 5 heteroatoms. The number of carbonyl (C=O) groups excluding carboxylic acids is 1. The second-order valence-electron chi connectivity index (χ2n) is 1.87. The summed E-state index contributed by atoms with van der Waals surface area (Å²) in [6.07, 6.45) is -5.30. The minimum atomic E-state index is -4.71. The van der Waals surface area contributed by atoms with Crippen molar-refractivity contribution in [2.24, 2.45) is 0 Å². The molecule has 0 aromatic heterocycles. The first-order valence-corrected chi connectivity index (χ1v) is 3.16. The molecule has 0 saturated heterocycles. The molecule has 0 fully saturated rings. The first kappa shape index (κ1) is 10.4. The van der Waals surface area contributed by atoms with Gasteiger partial charge in [-0.25, -0.2) is 0 Å². The van der Waals surface area contributed by atoms with Gasteiger partial charge in [0.1, 0.15) is 0 Å². The summed E-state index contributed by atoms with van der Waals surface area (Å²) in [5.74, 6) is -1.73. The van der Waals surface area contributed by atoms with Gasteiger partial charge in [-0.1, -0.05) is 0 Å². The molecule has 0 rings (SSSR count). The zero-order valence-electron chi connectivity index (χ0n) is 6.07. The van der Waals surface area contributed by atoms with E-state index in [9.17, 15) is 18.0 Å². The summed E-state index contributed by atoms with van der Waals surface area (Å²) in [6.45, 7) is 1.82. The highest BCUT2D eigenvalue weighted by Gasteiger charge is 2.37. The van der Waals surface area contributed by atoms with Crippen molar-refractivity contribution in [1.29, 1.82) is 0 Å². The summed E-state index contributed by atoms with van der Waals surface area (Å²) < 4.78 is 39.0. The second-order valence-corrected chi connectivity index (χ2v) is 1.87. The molecular formula is C6H9F3O2. The summed E-state index contributed by atoms with van der Waals surface area (Å²) in [7, 11) is 0. The van der Waals surface area contributed by atoms with Gasteiger partial charge in [0.05, 0.1) is 6.61 Å². The van der Waals surface area contributed by atoms with Crippen molar-refractivity contribution in [3.63, 3.8) is 0 Å². The molecule has 66 valence electrons. The normalized spacial score (nSPS) is 11.6. The van der Waals surface area contributed by atoms with E-state index in [2.05, 4.69) is 4.74 Å². The van der Waals surface area contributed by atoms with Crippen molar-refractivity contribution >= 4 is 5.78 Å². The van der Waals surface area contributed by atoms with E-state index in [1.165, 1.54) is 0 Å². The maximum atomic E-state index is 11.5. The smallest absolute Gasteiger partial charge is 0.381 e. The maximum Gasteiger partial charge on any atom is 0.450 e. The van der Waals surface area contributed by atoms with Gasteiger partial charge in [0, 0.05) is 13.0 Å². The van der Waals surface area contributed by atoms with Crippen LogP contribution in [0.2, 0.25) is 0 Å². The molecule has 0 bridgehead atoms. The van der Waals surface area contributed by atoms with Gasteiger partial charge in [0.25, 0.3) is 0 Å². The molecular weight excluding hydrogens is 161 g/mol. The van der Waals surface area contributed by atoms with Gasteiger partial charge in [-0.05, 0) is 6.92 Å². The largest absolute Gasteiger partial charge is 0.450 e. The summed E-state index contributed by atoms with van der Waals surface area (Å²) in [5.41, 5.74) is 0. The number of hydrogen-bond donors (Lipinski definition) is 0. The van der Waals surface area contributed by atoms with E-state index in [-0.39, 0.29) is 6.61 Å². The minimum absolute atomic E-state index is 0.158. The summed E-state index contributed by atoms with van der Waals surface area (Å²) in [4.78, 5) is 10.1. The van der Waals surface area contributed by atoms with Crippen molar-refractivity contribution in [3.05, 3.63) is 0 Å². The molecule has 0 spiro atoms. The maximum absolute atomic E-state index is 11.5. The lowest BCUT2D eigenvalue weighted by Crippen LogP contribution is -2.23. The summed E-state index contributed by atoms with van der Waals surface area (Å²) in [5, 5.41) is 0. The van der Waals surface area contributed by atoms with E-state index >= 15 is 0 Å². The molecule has 11 heavy (non-hydrogen) atoms. The van der Waals surface area contributed by atoms with E-state index in [4.69, 9.17) is 0 Å². The number of rotatable bonds is 4. The van der Waals surface area contributed by atoms with Crippen LogP contribution in [-0.2, 0) is 9.53 Å². The SMILES string of the molecule is CCOCCC(=O)C(F)(F)F. The Kier molecular flexibility index (Phi) is 4.10. The monoisotopic (exact) mass is 170 g/mol. The third-order valence-corrected chi connectivity index (χ3v) is 0.994. The number of hydrogen-bond acceptors (Lipinski definition) is 2. The molecule has 0 atom stereocenters. The van der Waals surface area contributed by atoms with Crippen LogP contribution in [0.5, 0.6) is 0 Å². The first-order valence-electron chi connectivity index (χ1n) is 3.16. The van der Waals surface area contributed by atoms with Crippen LogP contribution in [0, 0.1) is 0 Å². The number of carbonyl (C=O) groups is 1. The van der Waals surface area contributed by atoms with Crippen molar-refractivity contribution in [1.82, 2.24) is 0 Å². The molecule has 0 heterocycles. The minimum Gasteiger partial charge on any atom is -0.381 e. The lowest BCUT2D eigenvalue weighted by molar-refractivity contribution is -0.172. The number of alkyl halides is 3. The Balaban J connectivity index is 3.54. The standard InChI is InChI=1S/C6H9F3O2/c1-2-11-4-3-5(10)6(7,8)9/h2-4H2,1H3. The van der Waals surface area contributed by atoms with Gasteiger partial charge in [0.15, 0.2) is 0 Å². The molecule has 0 aliphatic heterocycles. The molecule has 0 N–H and O–H groups in total. The molecule has 0 aliphatic carbocycles. The van der Waals surface area contributed by atoms with Crippen molar-refractivity contribution in [3.8, 4) is 0 Å². The quantitative estimate of drug-likeness (QED) is 0.598. The van der Waals surface area contributed by atoms with E-state index in [0.717, 1.165) is 0 Å². The zero-order valence-corrected chi connectivity index (χ0v) is 6.07. The van der Waals surface area contributed by atoms with Gasteiger partial charge < -0.3 is 4.74 Å². The average molecular weight is 170 g/mol. The van der Waals surface area contributed by atoms with Gasteiger partial charge >= 0.3 is 6.18 Å². The lowest BCUT2D eigenvalue weighted by atomic mass is 10.3. The van der Waals surface area contributed by atoms with Gasteiger partial charge in [-0.3, -0.25) is 4.79 Å². The van der Waals surface area contributed by atoms with Crippen molar-refractivity contribution in [2.45, 2.75) is 19.5 Å². The molecule has 0 aliphatic rings. The molecule has 0 saturated carbocycles. The van der Waals surface area contributed by atoms with Crippen molar-refractivity contribution < 1.29 is 22.7 Å². The van der Waals surface area contributed by atoms with Gasteiger partial charge in [-0.2, -0.15) is 13.2 Å². The second kappa shape index (κ2) is 4.33. The highest BCUT2D eigenvalue weighted by Crippen LogP contribution is 2.17. The number of ketones is 1. The van der Waals surface area contributed by atoms with Crippen LogP contribution < -0.4 is 0 Å². The van der Waals surface area contributed by atoms with E-state index in [1.807, 2.05) is 0 Å². The summed E-state index contributed by atoms with van der Waals surface area (Å²) >= 11 is 0. The Labute approximate surface area is 62.3 Å². The van der Waals surface area contributed by atoms with Crippen LogP contribution in [0.15, 0.2) is 0 Å². The third kappa shape index (κ3) is 4.78. The third-order valence-electron chi connectivity index (χ3n) is 0.994. The molecule has 0 amide bonds. The topological polar surface area (TPSA) is 26.3 Å². The molecule has 0 unspecified atom stereocenters. The van der Waals surface area contributed by atoms with Crippen LogP contribution in [0.4, 0.5) is 13.2 Å². The Hall–Kier alpha value is -0.580. The molecule has 2 nitrogen and oxygen atoms in total. The number of ether oxygens (including phenoxy) is 1. The Morgan fingerprint density at radius 1 is 1.45 bits per heavy atom. The zero-order chi connectivity index (χ0) is 8.91. The summed E-state index contributed by atoms with van der Waals surface area (Å²) in [6, 6.07) is 0. The lowest BCUT2D eigenvalue weighted by Gasteiger charge is -2.03. The van der Waals surface area contributed by atoms with Crippen LogP contribution in [0.1, 0.15) is 13.3 Å². The van der Waals surface area contributed by atoms with Gasteiger partial charge in [-0.15, -0.1) is 0 Å². The predicted octanol–water partition coefficient (Wildman–Crippen LogP) is 1.54. The predicted molar refractivity (Wildman–Crippen MR) is 32.2 cm³/mol. The molecule has 0 aromatic carbocycles. The molecule has 0 aromatic rings. The fourth-order valence-electron chi connectivity index (χ4n) is 0.451. The average Bonchev–Trinajstić information content (AvgIpc) is 1.86. The Morgan fingerprint density at radius 3 is 2.36 bits per heavy atom. The van der Waals surface area contributed by atoms with Crippen molar-refractivity contribution in [2.75, 3.05) is 13.2 Å². The van der Waals surface area contributed by atoms with Crippen LogP contribution in [0.25, 0.3) is 0 Å². The van der Waals surface area contributed by atoms with Crippen LogP contribution >= 0.6 is 0 Å². The van der Waals surface area contributed by atoms with E-state index in [0.29, 0.717) is 6.61 Å². The van der Waals surface area contributed by atoms with E-state index in [1.54, 1.807) is 6.92 Å². The highest BCUT2D eigenvalue weighted by atomic mass is 19.4. The Bertz CT molecular complexity index is 130. The molecule has 0 radical (unpaired) electrons. The first-order chi connectivity index (χ1) is 4.98. The van der Waals surface area contributed by atoms with Crippen LogP contribution in [0.3, 0.4) is 0 Å². The fourth-order valence-corrected chi connectivity index (χ4v) is 0.451. The fraction of sp³-hybridized carbons (Fsp3) is 0.833. The van der Waals surface area contributed by atoms with Crippen LogP contribution in [-0.4, -0.2) is 25.2 Å². The number of halogens is 3. The van der Waals surface area contributed by atoms with Gasteiger partial charge in [0.2, 0.25) is 5.78 Å². The van der Waals surface area contributed by atoms with E-state index < -0.39 is 18.4 Å². The highest BCUT2D eigenvalue weighted by molar-refractivity contribution is 5.83. The Morgan fingerprint density at radius 2 is 2.00 bits per heavy atom. The number of Topliss-reactive ketones (excluding diaryl/α,β-unsaturated/α-hetero) is 1.